The van der Waals surface area contributed by atoms with Crippen LogP contribution in [0.15, 0.2) is 78.9 Å². The van der Waals surface area contributed by atoms with Crippen LogP contribution in [0.5, 0.6) is 0 Å². The van der Waals surface area contributed by atoms with E-state index in [1.165, 1.54) is 11.3 Å². The van der Waals surface area contributed by atoms with Gasteiger partial charge in [0.15, 0.2) is 0 Å². The number of para-hydroxylation sites is 3. The summed E-state index contributed by atoms with van der Waals surface area (Å²) in [6.07, 6.45) is 1.91. The quantitative estimate of drug-likeness (QED) is 0.613. The summed E-state index contributed by atoms with van der Waals surface area (Å²) >= 11 is 0. The van der Waals surface area contributed by atoms with Gasteiger partial charge < -0.3 is 15.5 Å². The van der Waals surface area contributed by atoms with Gasteiger partial charge >= 0.3 is 0 Å². The van der Waals surface area contributed by atoms with E-state index in [1.54, 1.807) is 0 Å². The Labute approximate surface area is 172 Å². The first kappa shape index (κ1) is 19.1. The molecule has 2 N–H and O–H groups in total. The number of rotatable bonds is 5. The molecule has 1 saturated heterocycles. The fourth-order valence-corrected chi connectivity index (χ4v) is 3.81. The fraction of sp³-hybridized carbons (Fsp3) is 0.240. The van der Waals surface area contributed by atoms with Crippen LogP contribution in [0.4, 0.5) is 17.1 Å². The molecule has 0 aromatic heterocycles. The van der Waals surface area contributed by atoms with Gasteiger partial charge in [0.05, 0.1) is 11.3 Å². The highest BCUT2D eigenvalue weighted by Crippen LogP contribution is 2.25. The van der Waals surface area contributed by atoms with Crippen molar-refractivity contribution < 1.29 is 4.79 Å². The second-order valence-corrected chi connectivity index (χ2v) is 7.56. The minimum atomic E-state index is 0.0957. The van der Waals surface area contributed by atoms with Crippen LogP contribution in [0.2, 0.25) is 0 Å². The molecule has 1 heterocycles. The Morgan fingerprint density at radius 2 is 1.45 bits per heavy atom. The average Bonchev–Trinajstić information content (AvgIpc) is 2.77. The van der Waals surface area contributed by atoms with Crippen molar-refractivity contribution in [3.63, 3.8) is 0 Å². The van der Waals surface area contributed by atoms with Crippen LogP contribution in [0.3, 0.4) is 0 Å². The van der Waals surface area contributed by atoms with Gasteiger partial charge in [-0.2, -0.15) is 0 Å². The molecule has 1 fully saturated rings. The first-order valence-electron chi connectivity index (χ1n) is 10.2. The van der Waals surface area contributed by atoms with E-state index in [9.17, 15) is 4.79 Å². The highest BCUT2D eigenvalue weighted by molar-refractivity contribution is 6.00. The maximum absolute atomic E-state index is 13.2. The van der Waals surface area contributed by atoms with Crippen LogP contribution >= 0.6 is 0 Å². The molecule has 3 aromatic carbocycles. The molecule has 0 aliphatic carbocycles. The van der Waals surface area contributed by atoms with Gasteiger partial charge in [0.25, 0.3) is 5.91 Å². The van der Waals surface area contributed by atoms with Crippen molar-refractivity contribution in [1.82, 2.24) is 4.90 Å². The number of nitrogens with zero attached hydrogens (tertiary/aromatic N) is 1. The molecule has 4 heteroatoms. The normalized spacial score (nSPS) is 14.4. The molecule has 0 bridgehead atoms. The lowest BCUT2D eigenvalue weighted by Gasteiger charge is -2.33. The fourth-order valence-electron chi connectivity index (χ4n) is 3.81. The van der Waals surface area contributed by atoms with Gasteiger partial charge in [-0.1, -0.05) is 48.5 Å². The standard InChI is InChI=1S/C25H27N3O/c1-19-9-5-7-13-23(19)26-21-15-17-28(18-16-21)25(29)22-12-6-8-14-24(22)27-20-10-3-2-4-11-20/h2-14,21,26-27H,15-18H2,1H3. The molecule has 1 amide bonds. The Morgan fingerprint density at radius 3 is 2.17 bits per heavy atom. The number of hydrogen-bond donors (Lipinski definition) is 2. The van der Waals surface area contributed by atoms with Crippen LogP contribution in [0.25, 0.3) is 0 Å². The molecule has 0 unspecified atom stereocenters. The van der Waals surface area contributed by atoms with E-state index < -0.39 is 0 Å². The van der Waals surface area contributed by atoms with Crippen molar-refractivity contribution >= 4 is 23.0 Å². The Morgan fingerprint density at radius 1 is 0.828 bits per heavy atom. The van der Waals surface area contributed by atoms with Gasteiger partial charge in [0.2, 0.25) is 0 Å². The number of amides is 1. The first-order chi connectivity index (χ1) is 14.2. The van der Waals surface area contributed by atoms with E-state index >= 15 is 0 Å². The lowest BCUT2D eigenvalue weighted by Crippen LogP contribution is -2.42. The Kier molecular flexibility index (Phi) is 5.80. The summed E-state index contributed by atoms with van der Waals surface area (Å²) in [5.74, 6) is 0.0957. The Balaban J connectivity index is 1.41. The van der Waals surface area contributed by atoms with Crippen molar-refractivity contribution in [2.75, 3.05) is 23.7 Å². The van der Waals surface area contributed by atoms with Crippen molar-refractivity contribution in [1.29, 1.82) is 0 Å². The number of piperidine rings is 1. The van der Waals surface area contributed by atoms with Gasteiger partial charge in [-0.25, -0.2) is 0 Å². The lowest BCUT2D eigenvalue weighted by atomic mass is 10.0. The van der Waals surface area contributed by atoms with Gasteiger partial charge in [0.1, 0.15) is 0 Å². The largest absolute Gasteiger partial charge is 0.382 e. The third kappa shape index (κ3) is 4.60. The second kappa shape index (κ2) is 8.82. The van der Waals surface area contributed by atoms with Crippen LogP contribution in [0.1, 0.15) is 28.8 Å². The van der Waals surface area contributed by atoms with Crippen LogP contribution in [-0.2, 0) is 0 Å². The Hall–Kier alpha value is -3.27. The molecule has 148 valence electrons. The number of benzene rings is 3. The van der Waals surface area contributed by atoms with Gasteiger partial charge in [-0.3, -0.25) is 4.79 Å². The van der Waals surface area contributed by atoms with Gasteiger partial charge in [-0.15, -0.1) is 0 Å². The predicted molar refractivity (Wildman–Crippen MR) is 120 cm³/mol. The van der Waals surface area contributed by atoms with Crippen LogP contribution in [-0.4, -0.2) is 29.9 Å². The molecular formula is C25H27N3O. The molecule has 1 aliphatic rings. The zero-order valence-electron chi connectivity index (χ0n) is 16.8. The second-order valence-electron chi connectivity index (χ2n) is 7.56. The van der Waals surface area contributed by atoms with Crippen molar-refractivity contribution in [2.24, 2.45) is 0 Å². The number of anilines is 3. The van der Waals surface area contributed by atoms with Gasteiger partial charge in [0, 0.05) is 30.5 Å². The minimum absolute atomic E-state index is 0.0957. The molecule has 29 heavy (non-hydrogen) atoms. The van der Waals surface area contributed by atoms with Crippen molar-refractivity contribution in [3.8, 4) is 0 Å². The smallest absolute Gasteiger partial charge is 0.255 e. The van der Waals surface area contributed by atoms with Crippen molar-refractivity contribution in [3.05, 3.63) is 90.0 Å². The molecule has 0 spiro atoms. The van der Waals surface area contributed by atoms with Crippen molar-refractivity contribution in [2.45, 2.75) is 25.8 Å². The highest BCUT2D eigenvalue weighted by Gasteiger charge is 2.25. The molecular weight excluding hydrogens is 358 g/mol. The molecule has 0 radical (unpaired) electrons. The molecule has 3 aromatic rings. The number of hydrogen-bond acceptors (Lipinski definition) is 3. The van der Waals surface area contributed by atoms with E-state index in [0.29, 0.717) is 6.04 Å². The highest BCUT2D eigenvalue weighted by atomic mass is 16.2. The van der Waals surface area contributed by atoms with E-state index in [2.05, 4.69) is 41.8 Å². The number of carbonyl (C=O) groups is 1. The number of nitrogens with one attached hydrogen (secondary N) is 2. The SMILES string of the molecule is Cc1ccccc1NC1CCN(C(=O)c2ccccc2Nc2ccccc2)CC1. The zero-order chi connectivity index (χ0) is 20.1. The minimum Gasteiger partial charge on any atom is -0.382 e. The summed E-state index contributed by atoms with van der Waals surface area (Å²) in [7, 11) is 0. The topological polar surface area (TPSA) is 44.4 Å². The zero-order valence-corrected chi connectivity index (χ0v) is 16.8. The summed E-state index contributed by atoms with van der Waals surface area (Å²) in [6, 6.07) is 26.5. The number of likely N-dealkylation sites (tertiary alicyclic amines) is 1. The third-order valence-electron chi connectivity index (χ3n) is 5.50. The van der Waals surface area contributed by atoms with Crippen LogP contribution < -0.4 is 10.6 Å². The maximum Gasteiger partial charge on any atom is 0.255 e. The number of aryl methyl sites for hydroxylation is 1. The molecule has 4 nitrogen and oxygen atoms in total. The maximum atomic E-state index is 13.2. The summed E-state index contributed by atoms with van der Waals surface area (Å²) in [5.41, 5.74) is 5.00. The van der Waals surface area contributed by atoms with E-state index in [-0.39, 0.29) is 5.91 Å². The summed E-state index contributed by atoms with van der Waals surface area (Å²) in [4.78, 5) is 15.2. The summed E-state index contributed by atoms with van der Waals surface area (Å²) in [5, 5.41) is 7.02. The number of carbonyl (C=O) groups excluding carboxylic acids is 1. The Bertz CT molecular complexity index is 963. The van der Waals surface area contributed by atoms with E-state index in [4.69, 9.17) is 0 Å². The average molecular weight is 386 g/mol. The van der Waals surface area contributed by atoms with Gasteiger partial charge in [-0.05, 0) is 55.7 Å². The molecule has 0 saturated carbocycles. The predicted octanol–water partition coefficient (Wildman–Crippen LogP) is 5.46. The third-order valence-corrected chi connectivity index (χ3v) is 5.50. The van der Waals surface area contributed by atoms with Crippen LogP contribution in [0, 0.1) is 6.92 Å². The monoisotopic (exact) mass is 385 g/mol. The summed E-state index contributed by atoms with van der Waals surface area (Å²) < 4.78 is 0. The first-order valence-corrected chi connectivity index (χ1v) is 10.2. The molecule has 0 atom stereocenters. The lowest BCUT2D eigenvalue weighted by molar-refractivity contribution is 0.0719. The summed E-state index contributed by atoms with van der Waals surface area (Å²) in [6.45, 7) is 3.65. The van der Waals surface area contributed by atoms with E-state index in [1.807, 2.05) is 59.5 Å². The molecule has 1 aliphatic heterocycles. The molecule has 4 rings (SSSR count). The van der Waals surface area contributed by atoms with E-state index in [0.717, 1.165) is 42.9 Å².